The predicted molar refractivity (Wildman–Crippen MR) is 76.1 cm³/mol. The standard InChI is InChI=1S/C15H22N2O2/c1-3-11-4-5-12(13(8-11)18-2)19-10-15(6-7-15)9-14(16)17/h4-5,8H,3,6-7,9-10H2,1-2H3,(H3,16,17). The molecule has 0 spiro atoms. The van der Waals surface area contributed by atoms with Gasteiger partial charge in [0.1, 0.15) is 0 Å². The van der Waals surface area contributed by atoms with Gasteiger partial charge < -0.3 is 15.2 Å². The van der Waals surface area contributed by atoms with Crippen LogP contribution in [0.5, 0.6) is 11.5 Å². The molecule has 0 atom stereocenters. The third-order valence-electron chi connectivity index (χ3n) is 3.69. The van der Waals surface area contributed by atoms with E-state index in [1.807, 2.05) is 12.1 Å². The molecule has 0 aliphatic heterocycles. The van der Waals surface area contributed by atoms with Crippen LogP contribution in [-0.2, 0) is 6.42 Å². The van der Waals surface area contributed by atoms with Gasteiger partial charge in [-0.2, -0.15) is 0 Å². The summed E-state index contributed by atoms with van der Waals surface area (Å²) in [5.74, 6) is 1.79. The Morgan fingerprint density at radius 1 is 1.37 bits per heavy atom. The normalized spacial score (nSPS) is 15.9. The molecule has 1 aliphatic rings. The number of rotatable bonds is 7. The van der Waals surface area contributed by atoms with Gasteiger partial charge in [-0.3, -0.25) is 5.41 Å². The molecule has 3 N–H and O–H groups in total. The summed E-state index contributed by atoms with van der Waals surface area (Å²) in [4.78, 5) is 0. The monoisotopic (exact) mass is 262 g/mol. The fourth-order valence-electron chi connectivity index (χ4n) is 2.23. The predicted octanol–water partition coefficient (Wildman–Crippen LogP) is 2.74. The van der Waals surface area contributed by atoms with E-state index in [4.69, 9.17) is 20.6 Å². The number of aryl methyl sites for hydroxylation is 1. The lowest BCUT2D eigenvalue weighted by molar-refractivity contribution is 0.228. The van der Waals surface area contributed by atoms with Gasteiger partial charge >= 0.3 is 0 Å². The van der Waals surface area contributed by atoms with Crippen LogP contribution in [0.4, 0.5) is 0 Å². The van der Waals surface area contributed by atoms with E-state index in [-0.39, 0.29) is 11.3 Å². The molecule has 0 heterocycles. The molecule has 2 rings (SSSR count). The fourth-order valence-corrected chi connectivity index (χ4v) is 2.23. The minimum absolute atomic E-state index is 0.0836. The van der Waals surface area contributed by atoms with E-state index >= 15 is 0 Å². The smallest absolute Gasteiger partial charge is 0.161 e. The molecule has 104 valence electrons. The van der Waals surface area contributed by atoms with Gasteiger partial charge in [-0.1, -0.05) is 13.0 Å². The molecule has 19 heavy (non-hydrogen) atoms. The molecule has 0 aromatic heterocycles. The summed E-state index contributed by atoms with van der Waals surface area (Å²) in [5.41, 5.74) is 6.80. The lowest BCUT2D eigenvalue weighted by Crippen LogP contribution is -2.21. The van der Waals surface area contributed by atoms with Crippen molar-refractivity contribution in [3.8, 4) is 11.5 Å². The largest absolute Gasteiger partial charge is 0.493 e. The molecule has 1 saturated carbocycles. The molecule has 0 saturated heterocycles. The van der Waals surface area contributed by atoms with Crippen molar-refractivity contribution in [2.45, 2.75) is 32.6 Å². The highest BCUT2D eigenvalue weighted by Crippen LogP contribution is 2.49. The summed E-state index contributed by atoms with van der Waals surface area (Å²) in [6.45, 7) is 2.72. The number of amidine groups is 1. The first-order valence-corrected chi connectivity index (χ1v) is 6.71. The molecule has 4 nitrogen and oxygen atoms in total. The first-order valence-electron chi connectivity index (χ1n) is 6.71. The number of ether oxygens (including phenoxy) is 2. The van der Waals surface area contributed by atoms with Crippen LogP contribution in [0.2, 0.25) is 0 Å². The van der Waals surface area contributed by atoms with E-state index in [1.54, 1.807) is 7.11 Å². The highest BCUT2D eigenvalue weighted by Gasteiger charge is 2.44. The van der Waals surface area contributed by atoms with E-state index in [1.165, 1.54) is 5.56 Å². The van der Waals surface area contributed by atoms with Crippen molar-refractivity contribution in [2.75, 3.05) is 13.7 Å². The van der Waals surface area contributed by atoms with Gasteiger partial charge in [0, 0.05) is 11.8 Å². The van der Waals surface area contributed by atoms with Gasteiger partial charge in [-0.25, -0.2) is 0 Å². The highest BCUT2D eigenvalue weighted by atomic mass is 16.5. The second-order valence-corrected chi connectivity index (χ2v) is 5.33. The van der Waals surface area contributed by atoms with Crippen LogP contribution in [0.3, 0.4) is 0 Å². The Labute approximate surface area is 114 Å². The maximum Gasteiger partial charge on any atom is 0.161 e. The summed E-state index contributed by atoms with van der Waals surface area (Å²) in [7, 11) is 1.66. The number of benzene rings is 1. The van der Waals surface area contributed by atoms with Crippen molar-refractivity contribution >= 4 is 5.84 Å². The van der Waals surface area contributed by atoms with E-state index < -0.39 is 0 Å². The Kier molecular flexibility index (Phi) is 3.98. The molecule has 0 amide bonds. The topological polar surface area (TPSA) is 68.3 Å². The Balaban J connectivity index is 2.01. The number of nitrogens with one attached hydrogen (secondary N) is 1. The number of nitrogens with two attached hydrogens (primary N) is 1. The average Bonchev–Trinajstić information content (AvgIpc) is 3.15. The second kappa shape index (κ2) is 5.51. The quantitative estimate of drug-likeness (QED) is 0.586. The number of hydrogen-bond acceptors (Lipinski definition) is 3. The van der Waals surface area contributed by atoms with E-state index in [0.717, 1.165) is 30.8 Å². The minimum Gasteiger partial charge on any atom is -0.493 e. The first kappa shape index (κ1) is 13.7. The molecule has 1 aliphatic carbocycles. The summed E-state index contributed by atoms with van der Waals surface area (Å²) in [6, 6.07) is 6.03. The molecule has 0 radical (unpaired) electrons. The summed E-state index contributed by atoms with van der Waals surface area (Å²) in [6.07, 6.45) is 3.77. The number of hydrogen-bond donors (Lipinski definition) is 2. The van der Waals surface area contributed by atoms with Gasteiger partial charge in [-0.05, 0) is 37.0 Å². The van der Waals surface area contributed by atoms with Crippen molar-refractivity contribution in [1.82, 2.24) is 0 Å². The average molecular weight is 262 g/mol. The molecule has 4 heteroatoms. The Hall–Kier alpha value is -1.71. The molecule has 1 fully saturated rings. The molecule has 1 aromatic rings. The SMILES string of the molecule is CCc1ccc(OCC2(CC(=N)N)CC2)c(OC)c1. The summed E-state index contributed by atoms with van der Waals surface area (Å²) in [5, 5.41) is 7.40. The summed E-state index contributed by atoms with van der Waals surface area (Å²) >= 11 is 0. The third-order valence-corrected chi connectivity index (χ3v) is 3.69. The van der Waals surface area contributed by atoms with Gasteiger partial charge in [0.15, 0.2) is 11.5 Å². The molecular formula is C15H22N2O2. The van der Waals surface area contributed by atoms with Crippen molar-refractivity contribution in [2.24, 2.45) is 11.1 Å². The van der Waals surface area contributed by atoms with Crippen LogP contribution in [0.15, 0.2) is 18.2 Å². The fraction of sp³-hybridized carbons (Fsp3) is 0.533. The molecule has 0 bridgehead atoms. The third kappa shape index (κ3) is 3.40. The van der Waals surface area contributed by atoms with Crippen molar-refractivity contribution < 1.29 is 9.47 Å². The van der Waals surface area contributed by atoms with Gasteiger partial charge in [0.2, 0.25) is 0 Å². The van der Waals surface area contributed by atoms with Crippen LogP contribution in [0, 0.1) is 10.8 Å². The van der Waals surface area contributed by atoms with Gasteiger partial charge in [0.05, 0.1) is 19.6 Å². The Morgan fingerprint density at radius 3 is 2.63 bits per heavy atom. The zero-order valence-corrected chi connectivity index (χ0v) is 11.7. The number of methoxy groups -OCH3 is 1. The zero-order valence-electron chi connectivity index (χ0n) is 11.7. The highest BCUT2D eigenvalue weighted by molar-refractivity contribution is 5.78. The van der Waals surface area contributed by atoms with Crippen molar-refractivity contribution in [3.63, 3.8) is 0 Å². The lowest BCUT2D eigenvalue weighted by Gasteiger charge is -2.17. The Bertz CT molecular complexity index is 467. The van der Waals surface area contributed by atoms with Crippen LogP contribution >= 0.6 is 0 Å². The van der Waals surface area contributed by atoms with E-state index in [2.05, 4.69) is 13.0 Å². The van der Waals surface area contributed by atoms with Crippen molar-refractivity contribution in [3.05, 3.63) is 23.8 Å². The van der Waals surface area contributed by atoms with Crippen molar-refractivity contribution in [1.29, 1.82) is 5.41 Å². The molecular weight excluding hydrogens is 240 g/mol. The lowest BCUT2D eigenvalue weighted by atomic mass is 10.0. The van der Waals surface area contributed by atoms with Crippen LogP contribution in [0.25, 0.3) is 0 Å². The van der Waals surface area contributed by atoms with E-state index in [9.17, 15) is 0 Å². The molecule has 1 aromatic carbocycles. The van der Waals surface area contributed by atoms with Gasteiger partial charge in [-0.15, -0.1) is 0 Å². The zero-order chi connectivity index (χ0) is 13.9. The summed E-state index contributed by atoms with van der Waals surface area (Å²) < 4.78 is 11.2. The van der Waals surface area contributed by atoms with E-state index in [0.29, 0.717) is 13.0 Å². The van der Waals surface area contributed by atoms with Crippen LogP contribution < -0.4 is 15.2 Å². The molecule has 0 unspecified atom stereocenters. The Morgan fingerprint density at radius 2 is 2.11 bits per heavy atom. The van der Waals surface area contributed by atoms with Crippen LogP contribution in [-0.4, -0.2) is 19.6 Å². The first-order chi connectivity index (χ1) is 9.08. The maximum absolute atomic E-state index is 7.40. The van der Waals surface area contributed by atoms with Crippen LogP contribution in [0.1, 0.15) is 31.7 Å². The minimum atomic E-state index is 0.0836. The maximum atomic E-state index is 7.40. The van der Waals surface area contributed by atoms with Gasteiger partial charge in [0.25, 0.3) is 0 Å². The second-order valence-electron chi connectivity index (χ2n) is 5.33.